The van der Waals surface area contributed by atoms with Crippen LogP contribution in [-0.2, 0) is 14.6 Å². The molecular weight excluding hydrogens is 419 g/mol. The van der Waals surface area contributed by atoms with E-state index in [0.29, 0.717) is 11.8 Å². The molecule has 0 aromatic carbocycles. The minimum Gasteiger partial charge on any atom is -0.726 e. The Balaban J connectivity index is 0.00000256. The van der Waals surface area contributed by atoms with Crippen LogP contribution in [0.1, 0.15) is 52.4 Å². The summed E-state index contributed by atoms with van der Waals surface area (Å²) in [6, 6.07) is 0. The topological polar surface area (TPSA) is 127 Å². The molecule has 0 radical (unpaired) electrons. The Hall–Kier alpha value is 0.490. The molecule has 7 nitrogen and oxygen atoms in total. The van der Waals surface area contributed by atoms with Gasteiger partial charge >= 0.3 is 29.6 Å². The molecule has 3 N–H and O–H groups in total. The van der Waals surface area contributed by atoms with E-state index in [9.17, 15) is 28.3 Å². The molecule has 0 aromatic rings. The Morgan fingerprint density at radius 1 is 1.03 bits per heavy atom. The Morgan fingerprint density at radius 3 is 2.30 bits per heavy atom. The summed E-state index contributed by atoms with van der Waals surface area (Å²) in [5, 5.41) is 31.8. The molecule has 0 bridgehead atoms. The molecular formula is C21H33NaO7S. The van der Waals surface area contributed by atoms with Gasteiger partial charge in [-0.1, -0.05) is 19.9 Å². The number of hydrogen-bond donors (Lipinski definition) is 3. The van der Waals surface area contributed by atoms with E-state index in [-0.39, 0.29) is 59.1 Å². The number of aliphatic hydroxyl groups is 3. The SMILES string of the molecule is C=CC1C(O)CC2C3CCC4C(O)C(O)C(OS(=O)(=O)[O-])CC4(C)C3CCC12C.[Na+]. The molecule has 4 rings (SSSR count). The van der Waals surface area contributed by atoms with Crippen LogP contribution in [0.2, 0.25) is 0 Å². The van der Waals surface area contributed by atoms with Crippen molar-refractivity contribution in [3.8, 4) is 0 Å². The molecule has 0 heterocycles. The Bertz CT molecular complexity index is 775. The first kappa shape index (κ1) is 25.1. The van der Waals surface area contributed by atoms with Crippen LogP contribution in [-0.4, -0.2) is 52.7 Å². The summed E-state index contributed by atoms with van der Waals surface area (Å²) in [5.74, 6) is 0.807. The summed E-state index contributed by atoms with van der Waals surface area (Å²) in [5.41, 5.74) is -0.442. The van der Waals surface area contributed by atoms with Gasteiger partial charge in [0, 0.05) is 5.92 Å². The summed E-state index contributed by atoms with van der Waals surface area (Å²) in [4.78, 5) is 0. The van der Waals surface area contributed by atoms with Crippen LogP contribution in [0.5, 0.6) is 0 Å². The van der Waals surface area contributed by atoms with Crippen molar-refractivity contribution in [2.75, 3.05) is 0 Å². The van der Waals surface area contributed by atoms with Crippen LogP contribution in [0, 0.1) is 40.4 Å². The molecule has 0 aliphatic heterocycles. The predicted molar refractivity (Wildman–Crippen MR) is 104 cm³/mol. The van der Waals surface area contributed by atoms with E-state index in [0.717, 1.165) is 32.1 Å². The van der Waals surface area contributed by atoms with E-state index >= 15 is 0 Å². The van der Waals surface area contributed by atoms with Gasteiger partial charge in [0.25, 0.3) is 0 Å². The third-order valence-corrected chi connectivity index (χ3v) is 9.81. The molecule has 0 spiro atoms. The Morgan fingerprint density at radius 2 is 1.70 bits per heavy atom. The molecule has 4 aliphatic rings. The zero-order valence-electron chi connectivity index (χ0n) is 18.1. The first-order chi connectivity index (χ1) is 13.4. The molecule has 0 saturated heterocycles. The largest absolute Gasteiger partial charge is 1.00 e. The molecule has 0 aromatic heterocycles. The van der Waals surface area contributed by atoms with Gasteiger partial charge in [-0.3, -0.25) is 4.18 Å². The molecule has 4 saturated carbocycles. The summed E-state index contributed by atoms with van der Waals surface area (Å²) >= 11 is 0. The first-order valence-corrected chi connectivity index (χ1v) is 12.1. The summed E-state index contributed by atoms with van der Waals surface area (Å²) < 4.78 is 38.2. The van der Waals surface area contributed by atoms with E-state index < -0.39 is 40.2 Å². The van der Waals surface area contributed by atoms with Crippen molar-refractivity contribution in [2.45, 2.75) is 76.8 Å². The van der Waals surface area contributed by atoms with E-state index in [2.05, 4.69) is 24.6 Å². The smallest absolute Gasteiger partial charge is 0.726 e. The monoisotopic (exact) mass is 452 g/mol. The van der Waals surface area contributed by atoms with E-state index in [1.54, 1.807) is 0 Å². The predicted octanol–water partition coefficient (Wildman–Crippen LogP) is -1.41. The van der Waals surface area contributed by atoms with E-state index in [1.165, 1.54) is 0 Å². The van der Waals surface area contributed by atoms with Crippen molar-refractivity contribution < 1.29 is 62.0 Å². The van der Waals surface area contributed by atoms with Gasteiger partial charge in [0.15, 0.2) is 0 Å². The third kappa shape index (κ3) is 3.78. The second kappa shape index (κ2) is 8.37. The number of fused-ring (bicyclic) bond motifs is 5. The fourth-order valence-electron chi connectivity index (χ4n) is 8.08. The van der Waals surface area contributed by atoms with Crippen LogP contribution >= 0.6 is 0 Å². The van der Waals surface area contributed by atoms with E-state index in [1.807, 2.05) is 6.08 Å². The fraction of sp³-hybridized carbons (Fsp3) is 0.905. The zero-order valence-corrected chi connectivity index (χ0v) is 20.9. The molecule has 11 unspecified atom stereocenters. The zero-order chi connectivity index (χ0) is 21.4. The second-order valence-corrected chi connectivity index (χ2v) is 11.4. The normalized spacial score (nSPS) is 53.1. The number of hydrogen-bond acceptors (Lipinski definition) is 7. The first-order valence-electron chi connectivity index (χ1n) is 10.7. The van der Waals surface area contributed by atoms with Gasteiger partial charge in [0.1, 0.15) is 12.2 Å². The van der Waals surface area contributed by atoms with Crippen molar-refractivity contribution in [3.63, 3.8) is 0 Å². The van der Waals surface area contributed by atoms with Crippen molar-refractivity contribution in [1.29, 1.82) is 0 Å². The molecule has 166 valence electrons. The van der Waals surface area contributed by atoms with Crippen molar-refractivity contribution in [3.05, 3.63) is 12.7 Å². The van der Waals surface area contributed by atoms with Crippen molar-refractivity contribution in [1.82, 2.24) is 0 Å². The van der Waals surface area contributed by atoms with Gasteiger partial charge in [-0.25, -0.2) is 8.42 Å². The molecule has 4 aliphatic carbocycles. The van der Waals surface area contributed by atoms with Gasteiger partial charge < -0.3 is 19.9 Å². The maximum absolute atomic E-state index is 11.2. The van der Waals surface area contributed by atoms with Crippen LogP contribution in [0.25, 0.3) is 0 Å². The van der Waals surface area contributed by atoms with E-state index in [4.69, 9.17) is 0 Å². The number of aliphatic hydroxyl groups excluding tert-OH is 3. The molecule has 4 fully saturated rings. The van der Waals surface area contributed by atoms with Gasteiger partial charge in [-0.15, -0.1) is 6.58 Å². The molecule has 0 amide bonds. The van der Waals surface area contributed by atoms with Crippen molar-refractivity contribution in [2.24, 2.45) is 40.4 Å². The molecule has 11 atom stereocenters. The minimum atomic E-state index is -4.98. The fourth-order valence-corrected chi connectivity index (χ4v) is 8.57. The maximum atomic E-state index is 11.2. The quantitative estimate of drug-likeness (QED) is 0.208. The minimum absolute atomic E-state index is 0. The third-order valence-electron chi connectivity index (χ3n) is 9.33. The van der Waals surface area contributed by atoms with Crippen LogP contribution in [0.4, 0.5) is 0 Å². The van der Waals surface area contributed by atoms with Gasteiger partial charge in [0.05, 0.1) is 12.2 Å². The standard InChI is InChI=1S/C21H34O7S.Na/c1-4-12-16(22)9-15-11-5-6-14-18(23)19(24)17(28-29(25,26)27)10-21(14,3)13(11)7-8-20(12,15)2;/h4,11-19,22-24H,1,5-10H2,2-3H3,(H,25,26,27);/q;+1/p-1. The average molecular weight is 453 g/mol. The molecule has 9 heteroatoms. The Kier molecular flexibility index (Phi) is 7.00. The van der Waals surface area contributed by atoms with Crippen LogP contribution < -0.4 is 29.6 Å². The number of rotatable bonds is 3. The van der Waals surface area contributed by atoms with Gasteiger partial charge in [-0.05, 0) is 73.0 Å². The maximum Gasteiger partial charge on any atom is 1.00 e. The van der Waals surface area contributed by atoms with Gasteiger partial charge in [-0.2, -0.15) is 0 Å². The Labute approximate surface area is 201 Å². The second-order valence-electron chi connectivity index (χ2n) is 10.4. The average Bonchev–Trinajstić information content (AvgIpc) is 2.87. The van der Waals surface area contributed by atoms with Gasteiger partial charge in [0.2, 0.25) is 10.4 Å². The molecule has 30 heavy (non-hydrogen) atoms. The van der Waals surface area contributed by atoms with Crippen LogP contribution in [0.15, 0.2) is 12.7 Å². The summed E-state index contributed by atoms with van der Waals surface area (Å²) in [6.07, 6.45) is 2.20. The van der Waals surface area contributed by atoms with Crippen LogP contribution in [0.3, 0.4) is 0 Å². The van der Waals surface area contributed by atoms with Crippen molar-refractivity contribution >= 4 is 10.4 Å². The summed E-state index contributed by atoms with van der Waals surface area (Å²) in [6.45, 7) is 8.25. The summed E-state index contributed by atoms with van der Waals surface area (Å²) in [7, 11) is -4.98.